The number of allylic oxidation sites excluding steroid dienone is 4. The van der Waals surface area contributed by atoms with E-state index in [-0.39, 0.29) is 4.86 Å². The fourth-order valence-electron chi connectivity index (χ4n) is 1.23. The van der Waals surface area contributed by atoms with Gasteiger partial charge in [0, 0.05) is 0 Å². The van der Waals surface area contributed by atoms with Gasteiger partial charge in [0.05, 0.1) is 10.7 Å². The zero-order valence-corrected chi connectivity index (χ0v) is 7.82. The fraction of sp³-hybridized carbons (Fsp3) is 0.286. The van der Waals surface area contributed by atoms with E-state index in [0.717, 1.165) is 0 Å². The molecule has 0 aliphatic heterocycles. The number of hydrogen-bond acceptors (Lipinski definition) is 4. The number of rotatable bonds is 1. The van der Waals surface area contributed by atoms with Crippen LogP contribution in [0.2, 0.25) is 5.82 Å². The lowest BCUT2D eigenvalue weighted by molar-refractivity contribution is 0.405. The molecule has 0 fully saturated rings. The summed E-state index contributed by atoms with van der Waals surface area (Å²) in [6, 6.07) is 0. The van der Waals surface area contributed by atoms with Crippen LogP contribution >= 0.6 is 0 Å². The first-order chi connectivity index (χ1) is 6.04. The van der Waals surface area contributed by atoms with Gasteiger partial charge in [-0.3, -0.25) is 0 Å². The highest BCUT2D eigenvalue weighted by molar-refractivity contribution is 7.73. The topological polar surface area (TPSA) is 74.6 Å². The second kappa shape index (κ2) is 3.91. The van der Waals surface area contributed by atoms with Gasteiger partial charge < -0.3 is 10.0 Å². The van der Waals surface area contributed by atoms with Gasteiger partial charge in [-0.05, 0) is 12.5 Å². The summed E-state index contributed by atoms with van der Waals surface area (Å²) in [5.41, 5.74) is 0.536. The average molecular weight is 200 g/mol. The third-order valence-electron chi connectivity index (χ3n) is 1.86. The Bertz CT molecular complexity index is 383. The van der Waals surface area contributed by atoms with Crippen LogP contribution in [0, 0.1) is 0 Å². The van der Waals surface area contributed by atoms with Crippen molar-refractivity contribution in [3.05, 3.63) is 23.8 Å². The van der Waals surface area contributed by atoms with Crippen LogP contribution in [0.25, 0.3) is 0 Å². The molecule has 0 amide bonds. The molecule has 1 rings (SSSR count). The quantitative estimate of drug-likeness (QED) is 0.437. The molecule has 0 bridgehead atoms. The van der Waals surface area contributed by atoms with Crippen molar-refractivity contribution in [2.45, 2.75) is 12.7 Å². The van der Waals surface area contributed by atoms with Gasteiger partial charge in [-0.15, -0.1) is 0 Å². The van der Waals surface area contributed by atoms with Crippen LogP contribution in [0.15, 0.2) is 23.8 Å². The minimum absolute atomic E-state index is 0.0394. The smallest absolute Gasteiger partial charge is 0.426 e. The van der Waals surface area contributed by atoms with E-state index < -0.39 is 23.2 Å². The van der Waals surface area contributed by atoms with E-state index in [2.05, 4.69) is 0 Å². The van der Waals surface area contributed by atoms with E-state index in [0.29, 0.717) is 5.57 Å². The molecule has 1 aliphatic rings. The molecule has 70 valence electrons. The predicted octanol–water partition coefficient (Wildman–Crippen LogP) is -0.603. The summed E-state index contributed by atoms with van der Waals surface area (Å²) in [4.78, 5) is 0.0394. The second-order valence-electron chi connectivity index (χ2n) is 2.77. The van der Waals surface area contributed by atoms with Gasteiger partial charge in [0.25, 0.3) is 0 Å². The molecule has 0 saturated carbocycles. The maximum absolute atomic E-state index is 10.7. The zero-order chi connectivity index (χ0) is 10.0. The second-order valence-corrected chi connectivity index (χ2v) is 3.68. The van der Waals surface area contributed by atoms with Crippen LogP contribution in [0.4, 0.5) is 0 Å². The van der Waals surface area contributed by atoms with Crippen molar-refractivity contribution in [3.8, 4) is 0 Å². The van der Waals surface area contributed by atoms with Crippen molar-refractivity contribution < 1.29 is 18.5 Å². The largest absolute Gasteiger partial charge is 0.464 e. The molecule has 1 unspecified atom stereocenters. The van der Waals surface area contributed by atoms with Crippen LogP contribution < -0.4 is 0 Å². The molecule has 2 N–H and O–H groups in total. The van der Waals surface area contributed by atoms with Gasteiger partial charge in [0.15, 0.2) is 0 Å². The fourth-order valence-corrected chi connectivity index (χ4v) is 1.98. The van der Waals surface area contributed by atoms with Crippen molar-refractivity contribution in [2.24, 2.45) is 0 Å². The van der Waals surface area contributed by atoms with Gasteiger partial charge in [0.2, 0.25) is 10.3 Å². The Labute approximate surface area is 77.9 Å². The third-order valence-corrected chi connectivity index (χ3v) is 2.81. The normalized spacial score (nSPS) is 21.3. The highest BCUT2D eigenvalue weighted by Crippen LogP contribution is 2.21. The van der Waals surface area contributed by atoms with Crippen molar-refractivity contribution >= 4 is 22.3 Å². The summed E-state index contributed by atoms with van der Waals surface area (Å²) in [6.45, 7) is 1.62. The molecular weight excluding hydrogens is 191 g/mol. The number of hydrogen-bond donors (Lipinski definition) is 2. The summed E-state index contributed by atoms with van der Waals surface area (Å²) in [7, 11) is -4.08. The van der Waals surface area contributed by atoms with Crippen molar-refractivity contribution in [2.75, 3.05) is 0 Å². The lowest BCUT2D eigenvalue weighted by atomic mass is 9.68. The van der Waals surface area contributed by atoms with Crippen LogP contribution in [0.1, 0.15) is 6.92 Å². The summed E-state index contributed by atoms with van der Waals surface area (Å²) in [5.74, 6) is -0.844. The van der Waals surface area contributed by atoms with Crippen molar-refractivity contribution in [1.82, 2.24) is 0 Å². The average Bonchev–Trinajstić information content (AvgIpc) is 2.02. The standard InChI is InChI=1S/C7H9BO4S/c1-5-3-2-4-6(8(9)10)7(5)13(11)12/h2-4,6,9-10H,1H3. The Hall–Kier alpha value is -0.845. The Balaban J connectivity index is 3.23. The molecule has 6 heteroatoms. The maximum atomic E-state index is 10.7. The molecule has 0 aromatic carbocycles. The van der Waals surface area contributed by atoms with Crippen LogP contribution in [-0.4, -0.2) is 30.4 Å². The highest BCUT2D eigenvalue weighted by atomic mass is 32.2. The van der Waals surface area contributed by atoms with E-state index in [4.69, 9.17) is 10.0 Å². The lowest BCUT2D eigenvalue weighted by Crippen LogP contribution is -2.28. The van der Waals surface area contributed by atoms with Crippen LogP contribution in [0.5, 0.6) is 0 Å². The van der Waals surface area contributed by atoms with Gasteiger partial charge >= 0.3 is 7.12 Å². The molecule has 13 heavy (non-hydrogen) atoms. The zero-order valence-electron chi connectivity index (χ0n) is 7.01. The van der Waals surface area contributed by atoms with Crippen LogP contribution in [0.3, 0.4) is 0 Å². The summed E-state index contributed by atoms with van der Waals surface area (Å²) < 4.78 is 21.5. The van der Waals surface area contributed by atoms with Crippen molar-refractivity contribution in [3.63, 3.8) is 0 Å². The highest BCUT2D eigenvalue weighted by Gasteiger charge is 2.29. The van der Waals surface area contributed by atoms with Gasteiger partial charge in [0.1, 0.15) is 0 Å². The Morgan fingerprint density at radius 1 is 1.46 bits per heavy atom. The molecule has 0 radical (unpaired) electrons. The van der Waals surface area contributed by atoms with E-state index >= 15 is 0 Å². The summed E-state index contributed by atoms with van der Waals surface area (Å²) in [6.07, 6.45) is 4.67. The molecule has 0 aromatic rings. The molecule has 0 spiro atoms. The first-order valence-corrected chi connectivity index (χ1v) is 4.79. The Kier molecular flexibility index (Phi) is 3.08. The monoisotopic (exact) mass is 200 g/mol. The maximum Gasteiger partial charge on any atom is 0.464 e. The minimum atomic E-state index is -2.41. The Morgan fingerprint density at radius 3 is 2.46 bits per heavy atom. The lowest BCUT2D eigenvalue weighted by Gasteiger charge is -2.15. The molecule has 4 nitrogen and oxygen atoms in total. The first kappa shape index (κ1) is 10.2. The van der Waals surface area contributed by atoms with Gasteiger partial charge in [-0.25, -0.2) is 0 Å². The van der Waals surface area contributed by atoms with Gasteiger partial charge in [-0.1, -0.05) is 18.2 Å². The molecular formula is C7H9BO4S. The SMILES string of the molecule is CC1=CC=CC(B(O)O)C1=S(=O)=O. The first-order valence-electron chi connectivity index (χ1n) is 3.71. The molecule has 1 aliphatic carbocycles. The van der Waals surface area contributed by atoms with E-state index in [1.807, 2.05) is 0 Å². The summed E-state index contributed by atoms with van der Waals surface area (Å²) >= 11 is 0. The van der Waals surface area contributed by atoms with Crippen molar-refractivity contribution in [1.29, 1.82) is 0 Å². The molecule has 0 heterocycles. The third kappa shape index (κ3) is 2.09. The molecule has 1 atom stereocenters. The minimum Gasteiger partial charge on any atom is -0.426 e. The molecule has 0 saturated heterocycles. The van der Waals surface area contributed by atoms with E-state index in [9.17, 15) is 8.42 Å². The Morgan fingerprint density at radius 2 is 2.08 bits per heavy atom. The summed E-state index contributed by atoms with van der Waals surface area (Å²) in [5, 5.41) is 17.8. The molecule has 0 aromatic heterocycles. The predicted molar refractivity (Wildman–Crippen MR) is 50.8 cm³/mol. The van der Waals surface area contributed by atoms with Crippen LogP contribution in [-0.2, 0) is 10.3 Å². The van der Waals surface area contributed by atoms with E-state index in [1.165, 1.54) is 6.08 Å². The van der Waals surface area contributed by atoms with Gasteiger partial charge in [-0.2, -0.15) is 8.42 Å². The van der Waals surface area contributed by atoms with E-state index in [1.54, 1.807) is 19.1 Å².